The number of anilines is 1. The van der Waals surface area contributed by atoms with Gasteiger partial charge in [-0.2, -0.15) is 5.10 Å². The van der Waals surface area contributed by atoms with E-state index < -0.39 is 0 Å². The number of para-hydroxylation sites is 1. The van der Waals surface area contributed by atoms with Crippen LogP contribution in [0.25, 0.3) is 5.69 Å². The summed E-state index contributed by atoms with van der Waals surface area (Å²) < 4.78 is 1.92. The van der Waals surface area contributed by atoms with Crippen molar-refractivity contribution in [2.75, 3.05) is 25.0 Å². The summed E-state index contributed by atoms with van der Waals surface area (Å²) in [5.41, 5.74) is 4.73. The fraction of sp³-hybridized carbons (Fsp3) is 0.350. The smallest absolute Gasteiger partial charge is 0.133 e. The Balaban J connectivity index is 1.43. The molecule has 0 unspecified atom stereocenters. The minimum atomic E-state index is 0.830. The van der Waals surface area contributed by atoms with E-state index in [0.29, 0.717) is 0 Å². The van der Waals surface area contributed by atoms with Gasteiger partial charge in [0, 0.05) is 31.3 Å². The number of benzene rings is 1. The maximum absolute atomic E-state index is 4.64. The summed E-state index contributed by atoms with van der Waals surface area (Å²) in [6.07, 6.45) is 6.88. The second-order valence-corrected chi connectivity index (χ2v) is 6.60. The first-order chi connectivity index (χ1) is 12.8. The molecule has 3 aromatic rings. The average molecular weight is 348 g/mol. The first-order valence-electron chi connectivity index (χ1n) is 9.19. The lowest BCUT2D eigenvalue weighted by Crippen LogP contribution is -2.16. The van der Waals surface area contributed by atoms with Crippen molar-refractivity contribution < 1.29 is 0 Å². The minimum absolute atomic E-state index is 0.830. The lowest BCUT2D eigenvalue weighted by molar-refractivity contribution is 0.708. The van der Waals surface area contributed by atoms with Crippen LogP contribution in [-0.4, -0.2) is 39.4 Å². The van der Waals surface area contributed by atoms with Crippen molar-refractivity contribution in [3.8, 4) is 5.69 Å². The summed E-state index contributed by atoms with van der Waals surface area (Å²) in [6, 6.07) is 10.2. The first kappa shape index (κ1) is 16.7. The van der Waals surface area contributed by atoms with Gasteiger partial charge >= 0.3 is 0 Å². The van der Waals surface area contributed by atoms with Crippen molar-refractivity contribution in [3.63, 3.8) is 0 Å². The van der Waals surface area contributed by atoms with E-state index in [9.17, 15) is 0 Å². The van der Waals surface area contributed by atoms with E-state index in [0.717, 1.165) is 56.2 Å². The van der Waals surface area contributed by atoms with Crippen LogP contribution >= 0.6 is 0 Å². The molecule has 0 amide bonds. The van der Waals surface area contributed by atoms with Gasteiger partial charge in [0.2, 0.25) is 0 Å². The summed E-state index contributed by atoms with van der Waals surface area (Å²) in [6.45, 7) is 4.77. The Bertz CT molecular complexity index is 871. The van der Waals surface area contributed by atoms with Gasteiger partial charge in [-0.15, -0.1) is 0 Å². The average Bonchev–Trinajstić information content (AvgIpc) is 3.00. The quantitative estimate of drug-likeness (QED) is 0.741. The lowest BCUT2D eigenvalue weighted by Gasteiger charge is -2.13. The topological polar surface area (TPSA) is 67.7 Å². The first-order valence-corrected chi connectivity index (χ1v) is 9.19. The van der Waals surface area contributed by atoms with Crippen molar-refractivity contribution >= 4 is 5.82 Å². The zero-order valence-electron chi connectivity index (χ0n) is 15.1. The molecule has 0 bridgehead atoms. The number of hydrogen-bond donors (Lipinski definition) is 2. The van der Waals surface area contributed by atoms with Crippen LogP contribution in [0.5, 0.6) is 0 Å². The molecule has 1 aliphatic rings. The number of nitrogens with one attached hydrogen (secondary N) is 2. The van der Waals surface area contributed by atoms with Gasteiger partial charge in [0.1, 0.15) is 11.6 Å². The third-order valence-corrected chi connectivity index (χ3v) is 4.66. The van der Waals surface area contributed by atoms with E-state index in [-0.39, 0.29) is 0 Å². The Morgan fingerprint density at radius 2 is 1.96 bits per heavy atom. The van der Waals surface area contributed by atoms with Crippen LogP contribution < -0.4 is 10.6 Å². The standard InChI is InChI=1S/C20H24N6/c1-15-24-19-9-11-21-10-8-18(19)20(25-15)22-12-7-16-13-23-26(14-16)17-5-3-2-4-6-17/h2-6,13-14,21H,7-12H2,1H3,(H,22,24,25). The molecule has 0 saturated heterocycles. The van der Waals surface area contributed by atoms with Crippen LogP contribution in [0.2, 0.25) is 0 Å². The fourth-order valence-corrected chi connectivity index (χ4v) is 3.35. The van der Waals surface area contributed by atoms with Gasteiger partial charge in [-0.1, -0.05) is 18.2 Å². The number of aryl methyl sites for hydroxylation is 1. The summed E-state index contributed by atoms with van der Waals surface area (Å²) >= 11 is 0. The van der Waals surface area contributed by atoms with Gasteiger partial charge < -0.3 is 10.6 Å². The van der Waals surface area contributed by atoms with Crippen LogP contribution in [0.4, 0.5) is 5.82 Å². The zero-order chi connectivity index (χ0) is 17.8. The molecule has 0 radical (unpaired) electrons. The van der Waals surface area contributed by atoms with Crippen molar-refractivity contribution in [3.05, 3.63) is 65.4 Å². The van der Waals surface area contributed by atoms with E-state index >= 15 is 0 Å². The van der Waals surface area contributed by atoms with E-state index in [1.165, 1.54) is 16.8 Å². The molecule has 0 spiro atoms. The summed E-state index contributed by atoms with van der Waals surface area (Å²) in [5.74, 6) is 1.83. The van der Waals surface area contributed by atoms with Crippen LogP contribution in [0.15, 0.2) is 42.7 Å². The Kier molecular flexibility index (Phi) is 4.93. The van der Waals surface area contributed by atoms with Gasteiger partial charge in [-0.3, -0.25) is 0 Å². The summed E-state index contributed by atoms with van der Waals surface area (Å²) in [5, 5.41) is 11.4. The van der Waals surface area contributed by atoms with E-state index in [4.69, 9.17) is 0 Å². The number of aromatic nitrogens is 4. The van der Waals surface area contributed by atoms with Crippen LogP contribution in [0.3, 0.4) is 0 Å². The highest BCUT2D eigenvalue weighted by atomic mass is 15.3. The molecule has 1 aromatic carbocycles. The maximum Gasteiger partial charge on any atom is 0.133 e. The van der Waals surface area contributed by atoms with Crippen molar-refractivity contribution in [2.24, 2.45) is 0 Å². The SMILES string of the molecule is Cc1nc2c(c(NCCc3cnn(-c4ccccc4)c3)n1)CCNCC2. The molecule has 0 fully saturated rings. The van der Waals surface area contributed by atoms with Gasteiger partial charge in [0.25, 0.3) is 0 Å². The molecule has 6 heteroatoms. The number of rotatable bonds is 5. The Hall–Kier alpha value is -2.73. The molecule has 26 heavy (non-hydrogen) atoms. The van der Waals surface area contributed by atoms with E-state index in [2.05, 4.69) is 44.0 Å². The van der Waals surface area contributed by atoms with Gasteiger partial charge in [0.05, 0.1) is 17.6 Å². The largest absolute Gasteiger partial charge is 0.369 e. The van der Waals surface area contributed by atoms with Crippen LogP contribution in [0.1, 0.15) is 22.6 Å². The van der Waals surface area contributed by atoms with Crippen molar-refractivity contribution in [1.82, 2.24) is 25.1 Å². The molecule has 0 aliphatic carbocycles. The predicted octanol–water partition coefficient (Wildman–Crippen LogP) is 2.31. The normalized spacial score (nSPS) is 13.9. The highest BCUT2D eigenvalue weighted by Gasteiger charge is 2.15. The third kappa shape index (κ3) is 3.75. The van der Waals surface area contributed by atoms with Crippen LogP contribution in [-0.2, 0) is 19.3 Å². The molecular weight excluding hydrogens is 324 g/mol. The van der Waals surface area contributed by atoms with Gasteiger partial charge in [-0.25, -0.2) is 14.6 Å². The Morgan fingerprint density at radius 1 is 1.12 bits per heavy atom. The highest BCUT2D eigenvalue weighted by molar-refractivity contribution is 5.47. The third-order valence-electron chi connectivity index (χ3n) is 4.66. The zero-order valence-corrected chi connectivity index (χ0v) is 15.1. The molecular formula is C20H24N6. The number of hydrogen-bond acceptors (Lipinski definition) is 5. The molecule has 3 heterocycles. The molecule has 2 aromatic heterocycles. The molecule has 0 saturated carbocycles. The van der Waals surface area contributed by atoms with E-state index in [1.54, 1.807) is 0 Å². The van der Waals surface area contributed by atoms with Gasteiger partial charge in [0.15, 0.2) is 0 Å². The van der Waals surface area contributed by atoms with Crippen molar-refractivity contribution in [2.45, 2.75) is 26.2 Å². The summed E-state index contributed by atoms with van der Waals surface area (Å²) in [7, 11) is 0. The molecule has 1 aliphatic heterocycles. The highest BCUT2D eigenvalue weighted by Crippen LogP contribution is 2.19. The monoisotopic (exact) mass is 348 g/mol. The molecule has 4 rings (SSSR count). The second-order valence-electron chi connectivity index (χ2n) is 6.60. The Morgan fingerprint density at radius 3 is 2.85 bits per heavy atom. The second kappa shape index (κ2) is 7.66. The molecule has 134 valence electrons. The predicted molar refractivity (Wildman–Crippen MR) is 103 cm³/mol. The Labute approximate surface area is 153 Å². The van der Waals surface area contributed by atoms with Gasteiger partial charge in [-0.05, 0) is 44.0 Å². The van der Waals surface area contributed by atoms with Crippen molar-refractivity contribution in [1.29, 1.82) is 0 Å². The summed E-state index contributed by atoms with van der Waals surface area (Å²) in [4.78, 5) is 9.27. The lowest BCUT2D eigenvalue weighted by atomic mass is 10.1. The fourth-order valence-electron chi connectivity index (χ4n) is 3.35. The molecule has 0 atom stereocenters. The molecule has 6 nitrogen and oxygen atoms in total. The minimum Gasteiger partial charge on any atom is -0.369 e. The number of fused-ring (bicyclic) bond motifs is 1. The van der Waals surface area contributed by atoms with E-state index in [1.807, 2.05) is 36.0 Å². The molecule has 2 N–H and O–H groups in total. The number of nitrogens with zero attached hydrogens (tertiary/aromatic N) is 4. The maximum atomic E-state index is 4.64. The van der Waals surface area contributed by atoms with Crippen LogP contribution in [0, 0.1) is 6.92 Å².